The number of hydrogen-bond donors (Lipinski definition) is 2. The molecule has 2 N–H and O–H groups in total. The molecule has 6 heterocycles. The van der Waals surface area contributed by atoms with Crippen molar-refractivity contribution in [1.82, 2.24) is 15.2 Å². The first-order valence-corrected chi connectivity index (χ1v) is 11.8. The van der Waals surface area contributed by atoms with Crippen LogP contribution in [0, 0.1) is 5.92 Å². The highest BCUT2D eigenvalue weighted by Gasteiger charge is 2.72. The number of piperazine rings is 1. The van der Waals surface area contributed by atoms with E-state index in [4.69, 9.17) is 4.74 Å². The van der Waals surface area contributed by atoms with Crippen molar-refractivity contribution in [1.29, 1.82) is 0 Å². The average molecular weight is 432 g/mol. The van der Waals surface area contributed by atoms with Gasteiger partial charge in [-0.05, 0) is 63.0 Å². The van der Waals surface area contributed by atoms with Crippen LogP contribution >= 0.6 is 0 Å². The maximum atomic E-state index is 13.9. The van der Waals surface area contributed by atoms with Gasteiger partial charge < -0.3 is 19.9 Å². The molecule has 6 nitrogen and oxygen atoms in total. The number of rotatable bonds is 0. The maximum Gasteiger partial charge on any atom is 0.249 e. The van der Waals surface area contributed by atoms with E-state index in [1.807, 2.05) is 11.0 Å². The molecule has 3 atom stereocenters. The molecule has 4 fully saturated rings. The Morgan fingerprint density at radius 3 is 2.78 bits per heavy atom. The summed E-state index contributed by atoms with van der Waals surface area (Å²) in [5.41, 5.74) is 2.38. The van der Waals surface area contributed by atoms with Gasteiger partial charge >= 0.3 is 0 Å². The molecule has 166 valence electrons. The van der Waals surface area contributed by atoms with Gasteiger partial charge in [0.1, 0.15) is 22.4 Å². The van der Waals surface area contributed by atoms with E-state index in [1.165, 1.54) is 5.69 Å². The number of amides is 2. The maximum absolute atomic E-state index is 13.9. The molecule has 2 unspecified atom stereocenters. The molecule has 5 aliphatic heterocycles. The van der Waals surface area contributed by atoms with Gasteiger partial charge in [0.25, 0.3) is 0 Å². The second-order valence-electron chi connectivity index (χ2n) is 11.6. The van der Waals surface area contributed by atoms with Crippen molar-refractivity contribution in [2.45, 2.75) is 75.5 Å². The summed E-state index contributed by atoms with van der Waals surface area (Å²) in [6, 6.07) is 4.16. The van der Waals surface area contributed by atoms with Crippen LogP contribution in [0.4, 0.5) is 0 Å². The van der Waals surface area contributed by atoms with Crippen LogP contribution in [-0.4, -0.2) is 44.9 Å². The highest BCUT2D eigenvalue weighted by molar-refractivity contribution is 6.06. The van der Waals surface area contributed by atoms with E-state index in [2.05, 4.69) is 56.2 Å². The monoisotopic (exact) mass is 431 g/mol. The van der Waals surface area contributed by atoms with Crippen molar-refractivity contribution in [3.8, 4) is 5.75 Å². The molecule has 2 aromatic rings. The van der Waals surface area contributed by atoms with E-state index in [0.29, 0.717) is 13.0 Å². The summed E-state index contributed by atoms with van der Waals surface area (Å²) >= 11 is 0. The summed E-state index contributed by atoms with van der Waals surface area (Å²) < 4.78 is 6.21. The highest BCUT2D eigenvalue weighted by atomic mass is 16.5. The zero-order chi connectivity index (χ0) is 22.3. The second-order valence-corrected chi connectivity index (χ2v) is 11.6. The van der Waals surface area contributed by atoms with Gasteiger partial charge in [0.05, 0.1) is 5.52 Å². The molecule has 1 aliphatic carbocycles. The van der Waals surface area contributed by atoms with Crippen LogP contribution in [-0.2, 0) is 21.4 Å². The molecule has 2 spiro atoms. The molecule has 32 heavy (non-hydrogen) atoms. The summed E-state index contributed by atoms with van der Waals surface area (Å²) in [6.07, 6.45) is 7.22. The number of aromatic nitrogens is 1. The number of benzene rings is 1. The smallest absolute Gasteiger partial charge is 0.249 e. The van der Waals surface area contributed by atoms with E-state index < -0.39 is 11.1 Å². The lowest BCUT2D eigenvalue weighted by atomic mass is 9.51. The van der Waals surface area contributed by atoms with Crippen molar-refractivity contribution >= 4 is 28.8 Å². The molecule has 2 amide bonds. The van der Waals surface area contributed by atoms with Gasteiger partial charge in [-0.2, -0.15) is 0 Å². The van der Waals surface area contributed by atoms with Gasteiger partial charge in [-0.15, -0.1) is 0 Å². The van der Waals surface area contributed by atoms with Crippen molar-refractivity contribution in [2.75, 3.05) is 6.54 Å². The van der Waals surface area contributed by atoms with Crippen LogP contribution in [0.5, 0.6) is 5.75 Å². The molecular formula is C26H29N3O3. The zero-order valence-electron chi connectivity index (χ0n) is 19.1. The van der Waals surface area contributed by atoms with Gasteiger partial charge in [-0.25, -0.2) is 0 Å². The van der Waals surface area contributed by atoms with Gasteiger partial charge in [-0.3, -0.25) is 9.59 Å². The van der Waals surface area contributed by atoms with Gasteiger partial charge in [0.2, 0.25) is 11.8 Å². The number of fused-ring (bicyclic) bond motifs is 6. The average Bonchev–Trinajstić information content (AvgIpc) is 3.32. The number of piperidine rings is 2. The summed E-state index contributed by atoms with van der Waals surface area (Å²) in [5, 5.41) is 4.41. The lowest BCUT2D eigenvalue weighted by molar-refractivity contribution is -0.179. The van der Waals surface area contributed by atoms with Crippen LogP contribution in [0.3, 0.4) is 0 Å². The molecule has 6 heteroatoms. The molecular weight excluding hydrogens is 402 g/mol. The Bertz CT molecular complexity index is 1280. The van der Waals surface area contributed by atoms with E-state index >= 15 is 0 Å². The minimum atomic E-state index is -0.848. The number of nitrogens with one attached hydrogen (secondary N) is 2. The Hall–Kier alpha value is -2.76. The standard InChI is InChI=1S/C26H29N3O3/c1-23(2)10-8-15-17(32-23)7-6-14-16-12-26-18(24(3,4)20(16)27-19(14)15)13-25(21(30)28-26)9-5-11-29(25)22(26)31/h6-8,10,18,27H,5,9,11-13H2,1-4H3,(H,28,30)/t18?,25?,26-/m0/s1. The predicted molar refractivity (Wildman–Crippen MR) is 121 cm³/mol. The molecule has 8 rings (SSSR count). The minimum absolute atomic E-state index is 0.0564. The lowest BCUT2D eigenvalue weighted by Gasteiger charge is -2.64. The number of aromatic amines is 1. The Labute approximate surface area is 187 Å². The summed E-state index contributed by atoms with van der Waals surface area (Å²) in [5.74, 6) is 1.13. The van der Waals surface area contributed by atoms with E-state index in [0.717, 1.165) is 47.0 Å². The number of hydrogen-bond acceptors (Lipinski definition) is 3. The summed E-state index contributed by atoms with van der Waals surface area (Å²) in [4.78, 5) is 32.9. The highest BCUT2D eigenvalue weighted by Crippen LogP contribution is 2.59. The van der Waals surface area contributed by atoms with E-state index in [9.17, 15) is 9.59 Å². The normalized spacial score (nSPS) is 35.1. The van der Waals surface area contributed by atoms with Crippen LogP contribution in [0.2, 0.25) is 0 Å². The van der Waals surface area contributed by atoms with Gasteiger partial charge in [0.15, 0.2) is 0 Å². The van der Waals surface area contributed by atoms with Gasteiger partial charge in [0, 0.05) is 40.9 Å². The first-order valence-electron chi connectivity index (χ1n) is 11.8. The number of carbonyl (C=O) groups excluding carboxylic acids is 2. The third-order valence-electron chi connectivity index (χ3n) is 9.09. The molecule has 0 saturated carbocycles. The Morgan fingerprint density at radius 2 is 1.97 bits per heavy atom. The van der Waals surface area contributed by atoms with Crippen LogP contribution < -0.4 is 10.1 Å². The largest absolute Gasteiger partial charge is 0.483 e. The van der Waals surface area contributed by atoms with E-state index in [-0.39, 0.29) is 28.7 Å². The first kappa shape index (κ1) is 18.8. The van der Waals surface area contributed by atoms with Crippen molar-refractivity contribution < 1.29 is 14.3 Å². The first-order chi connectivity index (χ1) is 15.1. The number of ether oxygens (including phenoxy) is 1. The summed E-state index contributed by atoms with van der Waals surface area (Å²) in [6.45, 7) is 9.29. The van der Waals surface area contributed by atoms with Crippen LogP contribution in [0.15, 0.2) is 18.2 Å². The van der Waals surface area contributed by atoms with Crippen LogP contribution in [0.25, 0.3) is 17.0 Å². The second kappa shape index (κ2) is 5.24. The Kier molecular flexibility index (Phi) is 3.07. The zero-order valence-corrected chi connectivity index (χ0v) is 19.1. The molecule has 1 aromatic heterocycles. The van der Waals surface area contributed by atoms with Crippen LogP contribution in [0.1, 0.15) is 63.8 Å². The summed E-state index contributed by atoms with van der Waals surface area (Å²) in [7, 11) is 0. The fourth-order valence-electron chi connectivity index (χ4n) is 7.56. The molecule has 4 saturated heterocycles. The quantitative estimate of drug-likeness (QED) is 0.671. The third-order valence-corrected chi connectivity index (χ3v) is 9.09. The Morgan fingerprint density at radius 1 is 1.16 bits per heavy atom. The molecule has 0 radical (unpaired) electrons. The fourth-order valence-corrected chi connectivity index (χ4v) is 7.56. The topological polar surface area (TPSA) is 74.4 Å². The number of nitrogens with zero attached hydrogens (tertiary/aromatic N) is 1. The number of carbonyl (C=O) groups is 2. The van der Waals surface area contributed by atoms with Crippen molar-refractivity contribution in [2.24, 2.45) is 5.92 Å². The SMILES string of the molecule is CC1(C)C=Cc2c(ccc3c4c([nH]c23)C(C)(C)C2CC35CCCN3C(=O)[C@@]2(C4)NC5=O)O1. The lowest BCUT2D eigenvalue weighted by Crippen LogP contribution is -2.84. The van der Waals surface area contributed by atoms with Crippen molar-refractivity contribution in [3.63, 3.8) is 0 Å². The predicted octanol–water partition coefficient (Wildman–Crippen LogP) is 3.44. The molecule has 1 aromatic carbocycles. The van der Waals surface area contributed by atoms with E-state index in [1.54, 1.807) is 0 Å². The fraction of sp³-hybridized carbons (Fsp3) is 0.538. The van der Waals surface area contributed by atoms with Gasteiger partial charge in [-0.1, -0.05) is 13.8 Å². The third kappa shape index (κ3) is 1.90. The van der Waals surface area contributed by atoms with Crippen molar-refractivity contribution in [3.05, 3.63) is 35.0 Å². The minimum Gasteiger partial charge on any atom is -0.483 e. The molecule has 6 aliphatic rings. The Balaban J connectivity index is 1.46. The number of H-pyrrole nitrogens is 1. The molecule has 2 bridgehead atoms.